The van der Waals surface area contributed by atoms with E-state index in [2.05, 4.69) is 0 Å². The number of methoxy groups -OCH3 is 3. The van der Waals surface area contributed by atoms with Crippen LogP contribution >= 0.6 is 0 Å². The minimum atomic E-state index is 0.635. The predicted octanol–water partition coefficient (Wildman–Crippen LogP) is 1.84. The summed E-state index contributed by atoms with van der Waals surface area (Å²) in [4.78, 5) is 8.00. The molecule has 0 aliphatic rings. The zero-order chi connectivity index (χ0) is 11.8. The topological polar surface area (TPSA) is 44.8 Å². The Labute approximate surface area is 89.8 Å². The average molecular weight is 212 g/mol. The number of hydrogen-bond acceptors (Lipinski definition) is 4. The normalized spacial score (nSPS) is 8.53. The molecule has 4 nitrogen and oxygen atoms in total. The van der Waals surface area contributed by atoms with Crippen LogP contribution in [0.3, 0.4) is 0 Å². The van der Waals surface area contributed by atoms with Gasteiger partial charge < -0.3 is 19.0 Å². The molecular formula is C11H16O4. The summed E-state index contributed by atoms with van der Waals surface area (Å²) in [7, 11) is 4.81. The molecule has 0 radical (unpaired) electrons. The maximum absolute atomic E-state index is 8.00. The first-order chi connectivity index (χ1) is 7.22. The molecule has 4 heteroatoms. The van der Waals surface area contributed by atoms with Crippen LogP contribution in [-0.2, 0) is 4.79 Å². The van der Waals surface area contributed by atoms with Crippen LogP contribution in [0, 0.1) is 6.92 Å². The van der Waals surface area contributed by atoms with E-state index >= 15 is 0 Å². The SMILES string of the molecule is C=O.COc1cc(C)cc(OC)c1OC. The molecule has 0 fully saturated rings. The lowest BCUT2D eigenvalue weighted by Gasteiger charge is -2.12. The highest BCUT2D eigenvalue weighted by Gasteiger charge is 2.10. The molecular weight excluding hydrogens is 196 g/mol. The minimum absolute atomic E-state index is 0.635. The molecule has 0 aliphatic carbocycles. The summed E-state index contributed by atoms with van der Waals surface area (Å²) in [5, 5.41) is 0. The van der Waals surface area contributed by atoms with Crippen molar-refractivity contribution in [3.63, 3.8) is 0 Å². The highest BCUT2D eigenvalue weighted by atomic mass is 16.5. The van der Waals surface area contributed by atoms with Gasteiger partial charge in [-0.05, 0) is 24.6 Å². The summed E-state index contributed by atoms with van der Waals surface area (Å²) in [5.41, 5.74) is 1.08. The fourth-order valence-electron chi connectivity index (χ4n) is 1.21. The lowest BCUT2D eigenvalue weighted by atomic mass is 10.2. The second-order valence-electron chi connectivity index (χ2n) is 2.70. The Morgan fingerprint density at radius 2 is 1.33 bits per heavy atom. The van der Waals surface area contributed by atoms with Crippen LogP contribution in [0.15, 0.2) is 12.1 Å². The molecule has 1 aromatic carbocycles. The van der Waals surface area contributed by atoms with E-state index in [0.29, 0.717) is 17.2 Å². The zero-order valence-corrected chi connectivity index (χ0v) is 9.49. The molecule has 1 rings (SSSR count). The molecule has 0 unspecified atom stereocenters. The van der Waals surface area contributed by atoms with Gasteiger partial charge in [0.25, 0.3) is 0 Å². The largest absolute Gasteiger partial charge is 0.493 e. The van der Waals surface area contributed by atoms with Crippen LogP contribution in [0.4, 0.5) is 0 Å². The molecule has 0 N–H and O–H groups in total. The van der Waals surface area contributed by atoms with E-state index in [4.69, 9.17) is 19.0 Å². The van der Waals surface area contributed by atoms with E-state index in [1.54, 1.807) is 21.3 Å². The highest BCUT2D eigenvalue weighted by Crippen LogP contribution is 2.37. The molecule has 0 aromatic heterocycles. The average Bonchev–Trinajstić information content (AvgIpc) is 2.30. The summed E-state index contributed by atoms with van der Waals surface area (Å²) in [6, 6.07) is 3.81. The number of benzene rings is 1. The molecule has 15 heavy (non-hydrogen) atoms. The van der Waals surface area contributed by atoms with Crippen LogP contribution in [0.1, 0.15) is 5.56 Å². The fourth-order valence-corrected chi connectivity index (χ4v) is 1.21. The van der Waals surface area contributed by atoms with Gasteiger partial charge in [0, 0.05) is 0 Å². The highest BCUT2D eigenvalue weighted by molar-refractivity contribution is 5.53. The Hall–Kier alpha value is -1.71. The van der Waals surface area contributed by atoms with Crippen molar-refractivity contribution < 1.29 is 19.0 Å². The standard InChI is InChI=1S/C10H14O3.CH2O/c1-7-5-8(11-2)10(13-4)9(6-7)12-3;1-2/h5-6H,1-4H3;1H2. The van der Waals surface area contributed by atoms with Gasteiger partial charge in [-0.2, -0.15) is 0 Å². The molecule has 0 spiro atoms. The number of carbonyl (C=O) groups is 1. The lowest BCUT2D eigenvalue weighted by Crippen LogP contribution is -1.95. The fraction of sp³-hybridized carbons (Fsp3) is 0.364. The first-order valence-corrected chi connectivity index (χ1v) is 4.28. The van der Waals surface area contributed by atoms with Gasteiger partial charge in [-0.15, -0.1) is 0 Å². The van der Waals surface area contributed by atoms with Crippen LogP contribution in [0.5, 0.6) is 17.2 Å². The third-order valence-corrected chi connectivity index (χ3v) is 1.81. The second-order valence-corrected chi connectivity index (χ2v) is 2.70. The van der Waals surface area contributed by atoms with Gasteiger partial charge in [0.05, 0.1) is 21.3 Å². The molecule has 0 saturated carbocycles. The Balaban J connectivity index is 0.000000921. The summed E-state index contributed by atoms with van der Waals surface area (Å²) >= 11 is 0. The van der Waals surface area contributed by atoms with E-state index in [1.807, 2.05) is 25.8 Å². The van der Waals surface area contributed by atoms with Gasteiger partial charge in [-0.3, -0.25) is 0 Å². The predicted molar refractivity (Wildman–Crippen MR) is 58.0 cm³/mol. The number of hydrogen-bond donors (Lipinski definition) is 0. The Morgan fingerprint density at radius 1 is 0.933 bits per heavy atom. The van der Waals surface area contributed by atoms with Crippen molar-refractivity contribution in [2.24, 2.45) is 0 Å². The van der Waals surface area contributed by atoms with Gasteiger partial charge >= 0.3 is 0 Å². The van der Waals surface area contributed by atoms with E-state index in [9.17, 15) is 0 Å². The van der Waals surface area contributed by atoms with Gasteiger partial charge in [-0.25, -0.2) is 0 Å². The molecule has 0 amide bonds. The third-order valence-electron chi connectivity index (χ3n) is 1.81. The first-order valence-electron chi connectivity index (χ1n) is 4.28. The van der Waals surface area contributed by atoms with Crippen molar-refractivity contribution in [2.75, 3.05) is 21.3 Å². The van der Waals surface area contributed by atoms with Crippen molar-refractivity contribution in [1.29, 1.82) is 0 Å². The van der Waals surface area contributed by atoms with Crippen molar-refractivity contribution in [3.05, 3.63) is 17.7 Å². The van der Waals surface area contributed by atoms with Crippen molar-refractivity contribution in [3.8, 4) is 17.2 Å². The van der Waals surface area contributed by atoms with Gasteiger partial charge in [0.1, 0.15) is 6.79 Å². The first kappa shape index (κ1) is 13.3. The maximum Gasteiger partial charge on any atom is 0.203 e. The van der Waals surface area contributed by atoms with Crippen LogP contribution in [0.2, 0.25) is 0 Å². The van der Waals surface area contributed by atoms with E-state index in [-0.39, 0.29) is 0 Å². The number of ether oxygens (including phenoxy) is 3. The number of rotatable bonds is 3. The quantitative estimate of drug-likeness (QED) is 0.766. The van der Waals surface area contributed by atoms with Gasteiger partial charge in [-0.1, -0.05) is 0 Å². The monoisotopic (exact) mass is 212 g/mol. The zero-order valence-electron chi connectivity index (χ0n) is 9.49. The molecule has 0 bridgehead atoms. The molecule has 0 heterocycles. The van der Waals surface area contributed by atoms with Crippen molar-refractivity contribution in [2.45, 2.75) is 6.92 Å². The lowest BCUT2D eigenvalue weighted by molar-refractivity contribution is -0.0979. The summed E-state index contributed by atoms with van der Waals surface area (Å²) in [6.07, 6.45) is 0. The molecule has 0 atom stereocenters. The van der Waals surface area contributed by atoms with Crippen molar-refractivity contribution >= 4 is 6.79 Å². The number of carbonyl (C=O) groups excluding carboxylic acids is 1. The van der Waals surface area contributed by atoms with Crippen LogP contribution in [0.25, 0.3) is 0 Å². The molecule has 1 aromatic rings. The van der Waals surface area contributed by atoms with Gasteiger partial charge in [0.15, 0.2) is 11.5 Å². The summed E-state index contributed by atoms with van der Waals surface area (Å²) in [6.45, 7) is 3.98. The Morgan fingerprint density at radius 3 is 1.60 bits per heavy atom. The number of aryl methyl sites for hydroxylation is 1. The van der Waals surface area contributed by atoms with Crippen LogP contribution in [-0.4, -0.2) is 28.1 Å². The molecule has 0 aliphatic heterocycles. The summed E-state index contributed by atoms with van der Waals surface area (Å²) < 4.78 is 15.5. The third kappa shape index (κ3) is 3.16. The van der Waals surface area contributed by atoms with Crippen molar-refractivity contribution in [1.82, 2.24) is 0 Å². The maximum atomic E-state index is 8.00. The molecule has 0 saturated heterocycles. The Bertz CT molecular complexity index is 284. The Kier molecular flexibility index (Phi) is 5.94. The van der Waals surface area contributed by atoms with E-state index in [0.717, 1.165) is 5.56 Å². The summed E-state index contributed by atoms with van der Waals surface area (Å²) in [5.74, 6) is 2.02. The molecule has 84 valence electrons. The van der Waals surface area contributed by atoms with Crippen LogP contribution < -0.4 is 14.2 Å². The van der Waals surface area contributed by atoms with E-state index in [1.165, 1.54) is 0 Å². The minimum Gasteiger partial charge on any atom is -0.493 e. The van der Waals surface area contributed by atoms with E-state index < -0.39 is 0 Å². The second kappa shape index (κ2) is 6.70. The smallest absolute Gasteiger partial charge is 0.203 e. The van der Waals surface area contributed by atoms with Gasteiger partial charge in [0.2, 0.25) is 5.75 Å².